The van der Waals surface area contributed by atoms with Crippen molar-refractivity contribution in [1.82, 2.24) is 4.90 Å². The van der Waals surface area contributed by atoms with E-state index in [-0.39, 0.29) is 0 Å². The lowest BCUT2D eigenvalue weighted by Crippen LogP contribution is -2.38. The Morgan fingerprint density at radius 3 is 2.47 bits per heavy atom. The van der Waals surface area contributed by atoms with Crippen molar-refractivity contribution in [2.75, 3.05) is 13.6 Å². The number of carbonyl (C=O) groups is 1. The molecule has 0 saturated heterocycles. The minimum Gasteiger partial charge on any atom is -0.481 e. The molecule has 0 aromatic heterocycles. The Kier molecular flexibility index (Phi) is 4.97. The highest BCUT2D eigenvalue weighted by Crippen LogP contribution is 2.24. The van der Waals surface area contributed by atoms with Crippen molar-refractivity contribution in [3.8, 4) is 0 Å². The van der Waals surface area contributed by atoms with Gasteiger partial charge in [0.15, 0.2) is 0 Å². The summed E-state index contributed by atoms with van der Waals surface area (Å²) in [7, 11) is 2.06. The quantitative estimate of drug-likeness (QED) is 0.885. The Balaban J connectivity index is 2.02. The van der Waals surface area contributed by atoms with E-state index in [2.05, 4.69) is 11.9 Å². The van der Waals surface area contributed by atoms with Gasteiger partial charge in [-0.1, -0.05) is 49.6 Å². The zero-order valence-corrected chi connectivity index (χ0v) is 11.6. The molecule has 1 N–H and O–H groups in total. The van der Waals surface area contributed by atoms with Crippen LogP contribution >= 0.6 is 0 Å². The standard InChI is InChI=1S/C16H23NO2/c1-17(14-10-6-3-7-11-14)12-15(16(18)19)13-8-4-2-5-9-13/h2,4-5,8-9,14-15H,3,6-7,10-12H2,1H3,(H,18,19). The minimum atomic E-state index is -0.728. The molecular formula is C16H23NO2. The van der Waals surface area contributed by atoms with Gasteiger partial charge in [-0.2, -0.15) is 0 Å². The second-order valence-electron chi connectivity index (χ2n) is 5.53. The first-order valence-electron chi connectivity index (χ1n) is 7.16. The van der Waals surface area contributed by atoms with Crippen LogP contribution in [0.25, 0.3) is 0 Å². The van der Waals surface area contributed by atoms with Crippen LogP contribution in [0.15, 0.2) is 30.3 Å². The molecule has 1 fully saturated rings. The molecule has 3 nitrogen and oxygen atoms in total. The van der Waals surface area contributed by atoms with Crippen LogP contribution < -0.4 is 0 Å². The van der Waals surface area contributed by atoms with E-state index < -0.39 is 11.9 Å². The maximum atomic E-state index is 11.5. The molecule has 0 spiro atoms. The molecule has 1 aromatic carbocycles. The van der Waals surface area contributed by atoms with Crippen LogP contribution in [0.2, 0.25) is 0 Å². The smallest absolute Gasteiger partial charge is 0.312 e. The van der Waals surface area contributed by atoms with Gasteiger partial charge in [-0.05, 0) is 25.5 Å². The number of rotatable bonds is 5. The Hall–Kier alpha value is -1.35. The van der Waals surface area contributed by atoms with E-state index in [0.717, 1.165) is 5.56 Å². The highest BCUT2D eigenvalue weighted by Gasteiger charge is 2.25. The van der Waals surface area contributed by atoms with Gasteiger partial charge in [0, 0.05) is 12.6 Å². The molecule has 1 unspecified atom stereocenters. The Morgan fingerprint density at radius 2 is 1.89 bits per heavy atom. The van der Waals surface area contributed by atoms with Crippen LogP contribution in [-0.2, 0) is 4.79 Å². The predicted molar refractivity (Wildman–Crippen MR) is 76.3 cm³/mol. The van der Waals surface area contributed by atoms with Crippen molar-refractivity contribution in [2.45, 2.75) is 44.1 Å². The lowest BCUT2D eigenvalue weighted by Gasteiger charge is -2.32. The molecule has 1 aromatic rings. The van der Waals surface area contributed by atoms with Gasteiger partial charge in [-0.3, -0.25) is 4.79 Å². The van der Waals surface area contributed by atoms with E-state index >= 15 is 0 Å². The third-order valence-electron chi connectivity index (χ3n) is 4.17. The maximum Gasteiger partial charge on any atom is 0.312 e. The van der Waals surface area contributed by atoms with Gasteiger partial charge >= 0.3 is 5.97 Å². The Bertz CT molecular complexity index is 398. The summed E-state index contributed by atoms with van der Waals surface area (Å²) in [5.41, 5.74) is 0.901. The number of hydrogen-bond acceptors (Lipinski definition) is 2. The molecule has 0 radical (unpaired) electrons. The van der Waals surface area contributed by atoms with Crippen LogP contribution in [-0.4, -0.2) is 35.6 Å². The van der Waals surface area contributed by atoms with E-state index in [1.165, 1.54) is 32.1 Å². The van der Waals surface area contributed by atoms with Crippen molar-refractivity contribution >= 4 is 5.97 Å². The molecule has 19 heavy (non-hydrogen) atoms. The van der Waals surface area contributed by atoms with E-state index in [1.54, 1.807) is 0 Å². The molecule has 0 amide bonds. The van der Waals surface area contributed by atoms with Crippen LogP contribution in [0.5, 0.6) is 0 Å². The van der Waals surface area contributed by atoms with Crippen LogP contribution in [0.1, 0.15) is 43.6 Å². The molecule has 3 heteroatoms. The fourth-order valence-electron chi connectivity index (χ4n) is 2.97. The van der Waals surface area contributed by atoms with Gasteiger partial charge in [0.05, 0.1) is 5.92 Å². The summed E-state index contributed by atoms with van der Waals surface area (Å²) in [5.74, 6) is -1.15. The summed E-state index contributed by atoms with van der Waals surface area (Å²) in [6.07, 6.45) is 6.29. The molecule has 0 heterocycles. The fraction of sp³-hybridized carbons (Fsp3) is 0.562. The average molecular weight is 261 g/mol. The maximum absolute atomic E-state index is 11.5. The van der Waals surface area contributed by atoms with Crippen molar-refractivity contribution < 1.29 is 9.90 Å². The largest absolute Gasteiger partial charge is 0.481 e. The van der Waals surface area contributed by atoms with Gasteiger partial charge in [-0.25, -0.2) is 0 Å². The minimum absolute atomic E-state index is 0.423. The highest BCUT2D eigenvalue weighted by atomic mass is 16.4. The average Bonchev–Trinajstić information content (AvgIpc) is 2.46. The number of benzene rings is 1. The molecule has 0 aliphatic heterocycles. The number of carboxylic acid groups (broad SMARTS) is 1. The number of nitrogens with zero attached hydrogens (tertiary/aromatic N) is 1. The summed E-state index contributed by atoms with van der Waals surface area (Å²) in [6.45, 7) is 0.601. The van der Waals surface area contributed by atoms with E-state index in [0.29, 0.717) is 12.6 Å². The van der Waals surface area contributed by atoms with Crippen LogP contribution in [0.3, 0.4) is 0 Å². The van der Waals surface area contributed by atoms with Crippen molar-refractivity contribution in [3.63, 3.8) is 0 Å². The topological polar surface area (TPSA) is 40.5 Å². The zero-order valence-electron chi connectivity index (χ0n) is 11.6. The zero-order chi connectivity index (χ0) is 13.7. The van der Waals surface area contributed by atoms with Gasteiger partial charge in [0.25, 0.3) is 0 Å². The molecule has 104 valence electrons. The van der Waals surface area contributed by atoms with Gasteiger partial charge in [-0.15, -0.1) is 0 Å². The number of likely N-dealkylation sites (N-methyl/N-ethyl adjacent to an activating group) is 1. The monoisotopic (exact) mass is 261 g/mol. The summed E-state index contributed by atoms with van der Waals surface area (Å²) < 4.78 is 0. The van der Waals surface area contributed by atoms with Gasteiger partial charge < -0.3 is 10.0 Å². The highest BCUT2D eigenvalue weighted by molar-refractivity contribution is 5.76. The van der Waals surface area contributed by atoms with Crippen LogP contribution in [0.4, 0.5) is 0 Å². The van der Waals surface area contributed by atoms with E-state index in [1.807, 2.05) is 30.3 Å². The van der Waals surface area contributed by atoms with Crippen molar-refractivity contribution in [3.05, 3.63) is 35.9 Å². The third-order valence-corrected chi connectivity index (χ3v) is 4.17. The van der Waals surface area contributed by atoms with Gasteiger partial charge in [0.2, 0.25) is 0 Å². The Morgan fingerprint density at radius 1 is 1.26 bits per heavy atom. The first-order valence-corrected chi connectivity index (χ1v) is 7.16. The summed E-state index contributed by atoms with van der Waals surface area (Å²) in [5, 5.41) is 9.45. The molecule has 2 rings (SSSR count). The van der Waals surface area contributed by atoms with E-state index in [9.17, 15) is 9.90 Å². The fourth-order valence-corrected chi connectivity index (χ4v) is 2.97. The Labute approximate surface area is 115 Å². The predicted octanol–water partition coefficient (Wildman–Crippen LogP) is 3.12. The second kappa shape index (κ2) is 6.71. The van der Waals surface area contributed by atoms with E-state index in [4.69, 9.17) is 0 Å². The number of carboxylic acids is 1. The summed E-state index contributed by atoms with van der Waals surface area (Å²) in [4.78, 5) is 13.7. The molecular weight excluding hydrogens is 238 g/mol. The molecule has 0 bridgehead atoms. The molecule has 1 saturated carbocycles. The lowest BCUT2D eigenvalue weighted by atomic mass is 9.92. The second-order valence-corrected chi connectivity index (χ2v) is 5.53. The summed E-state index contributed by atoms with van der Waals surface area (Å²) in [6, 6.07) is 10.1. The van der Waals surface area contributed by atoms with Crippen molar-refractivity contribution in [1.29, 1.82) is 0 Å². The molecule has 1 atom stereocenters. The van der Waals surface area contributed by atoms with Crippen LogP contribution in [0, 0.1) is 0 Å². The molecule has 1 aliphatic rings. The van der Waals surface area contributed by atoms with Gasteiger partial charge in [0.1, 0.15) is 0 Å². The summed E-state index contributed by atoms with van der Waals surface area (Å²) >= 11 is 0. The third kappa shape index (κ3) is 3.80. The lowest BCUT2D eigenvalue weighted by molar-refractivity contribution is -0.139. The molecule has 1 aliphatic carbocycles. The number of aliphatic carboxylic acids is 1. The SMILES string of the molecule is CN(CC(C(=O)O)c1ccccc1)C1CCCCC1. The van der Waals surface area contributed by atoms with Crippen molar-refractivity contribution in [2.24, 2.45) is 0 Å². The number of hydrogen-bond donors (Lipinski definition) is 1. The first kappa shape index (κ1) is 14.1. The first-order chi connectivity index (χ1) is 9.18. The normalized spacial score (nSPS) is 18.4.